The zero-order valence-electron chi connectivity index (χ0n) is 19.7. The molecule has 5 rings (SSSR count). The summed E-state index contributed by atoms with van der Waals surface area (Å²) < 4.78 is 21.5. The van der Waals surface area contributed by atoms with Crippen LogP contribution in [-0.2, 0) is 7.05 Å². The van der Waals surface area contributed by atoms with Crippen molar-refractivity contribution < 1.29 is 13.9 Å². The second-order valence-electron chi connectivity index (χ2n) is 8.86. The molecule has 1 fully saturated rings. The highest BCUT2D eigenvalue weighted by atomic mass is 28.1. The van der Waals surface area contributed by atoms with E-state index in [1.165, 1.54) is 10.7 Å². The second kappa shape index (κ2) is 9.23. The second-order valence-corrected chi connectivity index (χ2v) is 9.15. The minimum atomic E-state index is -0.504. The molecule has 0 unspecified atom stereocenters. The third-order valence-corrected chi connectivity index (χ3v) is 6.13. The monoisotopic (exact) mass is 490 g/mol. The molecular weight excluding hydrogens is 465 g/mol. The molecule has 0 spiro atoms. The zero-order valence-corrected chi connectivity index (χ0v) is 20.7. The molecule has 179 valence electrons. The van der Waals surface area contributed by atoms with Gasteiger partial charge in [-0.05, 0) is 38.1 Å². The Morgan fingerprint density at radius 2 is 2.03 bits per heavy atom. The number of carbonyl (C=O) groups is 1. The van der Waals surface area contributed by atoms with Gasteiger partial charge in [0.25, 0.3) is 5.91 Å². The lowest BCUT2D eigenvalue weighted by Crippen LogP contribution is -2.54. The van der Waals surface area contributed by atoms with Crippen molar-refractivity contribution in [3.63, 3.8) is 0 Å². The van der Waals surface area contributed by atoms with Crippen LogP contribution in [0.4, 0.5) is 15.8 Å². The first-order valence-electron chi connectivity index (χ1n) is 11.3. The molecule has 35 heavy (non-hydrogen) atoms. The number of halogens is 1. The fourth-order valence-corrected chi connectivity index (χ4v) is 4.82. The smallest absolute Gasteiger partial charge is 0.316 e. The summed E-state index contributed by atoms with van der Waals surface area (Å²) in [6.07, 6.45) is 3.60. The molecule has 3 radical (unpaired) electrons. The number of aromatic nitrogens is 4. The zero-order chi connectivity index (χ0) is 24.7. The van der Waals surface area contributed by atoms with Gasteiger partial charge in [-0.2, -0.15) is 10.1 Å². The van der Waals surface area contributed by atoms with Gasteiger partial charge < -0.3 is 20.3 Å². The van der Waals surface area contributed by atoms with Gasteiger partial charge in [-0.25, -0.2) is 9.37 Å². The van der Waals surface area contributed by atoms with Crippen molar-refractivity contribution in [3.05, 3.63) is 48.0 Å². The summed E-state index contributed by atoms with van der Waals surface area (Å²) >= 11 is 0. The van der Waals surface area contributed by atoms with Crippen molar-refractivity contribution in [1.29, 1.82) is 0 Å². The van der Waals surface area contributed by atoms with Crippen LogP contribution in [0.1, 0.15) is 24.2 Å². The number of anilines is 2. The number of benzene rings is 2. The van der Waals surface area contributed by atoms with Gasteiger partial charge in [0, 0.05) is 66.8 Å². The largest absolute Gasteiger partial charge is 0.468 e. The van der Waals surface area contributed by atoms with Gasteiger partial charge in [-0.3, -0.25) is 9.48 Å². The van der Waals surface area contributed by atoms with Crippen LogP contribution in [0.2, 0.25) is 0 Å². The van der Waals surface area contributed by atoms with Gasteiger partial charge in [0.05, 0.1) is 27.6 Å². The van der Waals surface area contributed by atoms with E-state index in [2.05, 4.69) is 54.7 Å². The highest BCUT2D eigenvalue weighted by Crippen LogP contribution is 2.31. The van der Waals surface area contributed by atoms with Crippen molar-refractivity contribution >= 4 is 49.3 Å². The number of amides is 1. The van der Waals surface area contributed by atoms with E-state index < -0.39 is 11.7 Å². The van der Waals surface area contributed by atoms with E-state index in [-0.39, 0.29) is 17.8 Å². The van der Waals surface area contributed by atoms with E-state index in [1.807, 2.05) is 6.07 Å². The normalized spacial score (nSPS) is 18.3. The molecule has 11 heteroatoms. The van der Waals surface area contributed by atoms with Crippen molar-refractivity contribution in [2.75, 3.05) is 29.5 Å². The molecule has 0 saturated carbocycles. The highest BCUT2D eigenvalue weighted by molar-refractivity contribution is 6.14. The summed E-state index contributed by atoms with van der Waals surface area (Å²) in [6, 6.07) is 7.40. The summed E-state index contributed by atoms with van der Waals surface area (Å²) in [4.78, 5) is 24.5. The van der Waals surface area contributed by atoms with Crippen LogP contribution in [0.25, 0.3) is 21.8 Å². The maximum absolute atomic E-state index is 14.5. The number of ether oxygens (including phenoxy) is 1. The lowest BCUT2D eigenvalue weighted by Gasteiger charge is -2.38. The van der Waals surface area contributed by atoms with E-state index in [4.69, 9.17) is 4.74 Å². The summed E-state index contributed by atoms with van der Waals surface area (Å²) in [5.74, 6) is -0.912. The quantitative estimate of drug-likeness (QED) is 0.415. The molecule has 4 aromatic rings. The molecular formula is C24H25FN7O2Si. The fourth-order valence-electron chi connectivity index (χ4n) is 4.69. The van der Waals surface area contributed by atoms with Crippen LogP contribution in [0, 0.1) is 5.82 Å². The molecule has 9 nitrogen and oxygen atoms in total. The van der Waals surface area contributed by atoms with Crippen LogP contribution >= 0.6 is 0 Å². The average Bonchev–Trinajstić information content (AvgIpc) is 3.18. The van der Waals surface area contributed by atoms with E-state index in [0.29, 0.717) is 34.2 Å². The Labute approximate surface area is 205 Å². The molecule has 3 heterocycles. The summed E-state index contributed by atoms with van der Waals surface area (Å²) in [6.45, 7) is 5.91. The first kappa shape index (κ1) is 23.2. The van der Waals surface area contributed by atoms with Crippen LogP contribution in [0.3, 0.4) is 0 Å². The molecule has 2 aromatic carbocycles. The molecule has 0 bridgehead atoms. The predicted molar refractivity (Wildman–Crippen MR) is 134 cm³/mol. The van der Waals surface area contributed by atoms with Gasteiger partial charge >= 0.3 is 6.01 Å². The number of nitrogens with one attached hydrogen (secondary N) is 2. The van der Waals surface area contributed by atoms with Crippen molar-refractivity contribution in [3.8, 4) is 6.01 Å². The molecule has 2 atom stereocenters. The summed E-state index contributed by atoms with van der Waals surface area (Å²) in [7, 11) is 4.99. The summed E-state index contributed by atoms with van der Waals surface area (Å²) in [5.41, 5.74) is 2.34. The Hall–Kier alpha value is -3.57. The first-order valence-corrected chi connectivity index (χ1v) is 12.1. The topological polar surface area (TPSA) is 97.2 Å². The average molecular weight is 491 g/mol. The first-order chi connectivity index (χ1) is 16.8. The molecule has 2 aromatic heterocycles. The number of carbonyl (C=O) groups excluding carboxylic acids is 1. The number of nitrogens with zero attached hydrogens (tertiary/aromatic N) is 5. The molecule has 1 aliphatic heterocycles. The maximum Gasteiger partial charge on any atom is 0.316 e. The standard InChI is InChI=1S/C24H25FN7O2Si/c1-13-9-32(10-14(2)27-13)20-5-4-17(22-18(20)8-26-24(29-22)34-12-35)23(33)28-16-6-15-11-31(3)30-21(15)19(25)7-16/h4-8,11,13-14,27H,9-10,12H2,1-3H3,(H,28,33)/t13-,14+. The van der Waals surface area contributed by atoms with Gasteiger partial charge in [-0.15, -0.1) is 0 Å². The predicted octanol–water partition coefficient (Wildman–Crippen LogP) is 2.60. The Kier molecular flexibility index (Phi) is 6.11. The molecule has 1 saturated heterocycles. The lowest BCUT2D eigenvalue weighted by molar-refractivity contribution is 0.102. The number of hydrogen-bond donors (Lipinski definition) is 2. The molecule has 1 aliphatic rings. The van der Waals surface area contributed by atoms with Crippen molar-refractivity contribution in [1.82, 2.24) is 25.1 Å². The van der Waals surface area contributed by atoms with Crippen LogP contribution in [0.15, 0.2) is 36.7 Å². The third-order valence-electron chi connectivity index (χ3n) is 5.98. The van der Waals surface area contributed by atoms with Gasteiger partial charge in [0.15, 0.2) is 5.82 Å². The summed E-state index contributed by atoms with van der Waals surface area (Å²) in [5, 5.41) is 11.8. The number of piperazine rings is 1. The van der Waals surface area contributed by atoms with Crippen molar-refractivity contribution in [2.45, 2.75) is 25.9 Å². The van der Waals surface area contributed by atoms with E-state index in [0.717, 1.165) is 24.2 Å². The SMILES string of the molecule is C[C@@H]1CN(c2ccc(C(=O)Nc3cc(F)c4nn(C)cc4c3)c3nc(OC[Si])ncc23)C[C@H](C)N1. The number of hydrogen-bond acceptors (Lipinski definition) is 7. The molecule has 2 N–H and O–H groups in total. The Morgan fingerprint density at radius 3 is 2.77 bits per heavy atom. The number of aryl methyl sites for hydroxylation is 1. The Morgan fingerprint density at radius 1 is 1.26 bits per heavy atom. The third kappa shape index (κ3) is 4.56. The van der Waals surface area contributed by atoms with E-state index in [1.54, 1.807) is 31.6 Å². The molecule has 0 aliphatic carbocycles. The highest BCUT2D eigenvalue weighted by Gasteiger charge is 2.25. The van der Waals surface area contributed by atoms with Crippen LogP contribution < -0.4 is 20.3 Å². The number of fused-ring (bicyclic) bond motifs is 2. The van der Waals surface area contributed by atoms with Crippen LogP contribution in [0.5, 0.6) is 6.01 Å². The molecule has 1 amide bonds. The van der Waals surface area contributed by atoms with Crippen LogP contribution in [-0.4, -0.2) is 67.3 Å². The van der Waals surface area contributed by atoms with E-state index >= 15 is 0 Å². The van der Waals surface area contributed by atoms with Crippen molar-refractivity contribution in [2.24, 2.45) is 7.05 Å². The lowest BCUT2D eigenvalue weighted by atomic mass is 10.0. The maximum atomic E-state index is 14.5. The van der Waals surface area contributed by atoms with Gasteiger partial charge in [0.2, 0.25) is 0 Å². The fraction of sp³-hybridized carbons (Fsp3) is 0.333. The minimum Gasteiger partial charge on any atom is -0.468 e. The number of rotatable bonds is 5. The Balaban J connectivity index is 1.55. The van der Waals surface area contributed by atoms with E-state index in [9.17, 15) is 9.18 Å². The van der Waals surface area contributed by atoms with Gasteiger partial charge in [0.1, 0.15) is 5.52 Å². The minimum absolute atomic E-state index is 0.156. The van der Waals surface area contributed by atoms with Gasteiger partial charge in [-0.1, -0.05) is 0 Å². The Bertz CT molecular complexity index is 1420.